The molecule has 0 bridgehead atoms. The number of nitrogens with zero attached hydrogens (tertiary/aromatic N) is 9. The second kappa shape index (κ2) is 29.6. The molecule has 0 saturated heterocycles. The first-order valence-electron chi connectivity index (χ1n) is 42.1. The molecule has 0 amide bonds. The number of hydrogen-bond acceptors (Lipinski definition) is 5. The number of pyridine rings is 5. The first-order valence-corrected chi connectivity index (χ1v) is 42.1. The zero-order chi connectivity index (χ0) is 81.7. The Balaban J connectivity index is 0.000000140. The molecule has 9 nitrogen and oxygen atoms in total. The van der Waals surface area contributed by atoms with Crippen LogP contribution in [0, 0.1) is 0 Å². The minimum atomic E-state index is 0.884. The van der Waals surface area contributed by atoms with Crippen molar-refractivity contribution in [1.29, 1.82) is 0 Å². The predicted octanol–water partition coefficient (Wildman–Crippen LogP) is 29.5. The molecule has 578 valence electrons. The third-order valence-electron chi connectivity index (χ3n) is 24.8. The summed E-state index contributed by atoms with van der Waals surface area (Å²) in [6, 6.07) is 150. The number of benzene rings is 16. The van der Waals surface area contributed by atoms with Crippen molar-refractivity contribution in [2.45, 2.75) is 0 Å². The van der Waals surface area contributed by atoms with Crippen LogP contribution in [-0.4, -0.2) is 43.2 Å². The summed E-state index contributed by atoms with van der Waals surface area (Å²) in [4.78, 5) is 24.8. The Kier molecular flexibility index (Phi) is 17.1. The molecular formula is C115H73N9. The van der Waals surface area contributed by atoms with E-state index < -0.39 is 0 Å². The minimum absolute atomic E-state index is 0.884. The third kappa shape index (κ3) is 12.2. The van der Waals surface area contributed by atoms with Gasteiger partial charge in [0.15, 0.2) is 0 Å². The van der Waals surface area contributed by atoms with E-state index in [2.05, 4.69) is 424 Å². The molecule has 0 aliphatic heterocycles. The summed E-state index contributed by atoms with van der Waals surface area (Å²) in [6.07, 6.45) is 7.50. The lowest BCUT2D eigenvalue weighted by atomic mass is 9.93. The maximum absolute atomic E-state index is 5.43. The molecular weight excluding hydrogens is 1510 g/mol. The maximum atomic E-state index is 5.43. The van der Waals surface area contributed by atoms with E-state index in [1.165, 1.54) is 87.3 Å². The molecule has 9 aromatic heterocycles. The Bertz CT molecular complexity index is 8500. The predicted molar refractivity (Wildman–Crippen MR) is 515 cm³/mol. The maximum Gasteiger partial charge on any atom is 0.0780 e. The van der Waals surface area contributed by atoms with Crippen LogP contribution in [0.4, 0.5) is 0 Å². The smallest absolute Gasteiger partial charge is 0.0780 e. The summed E-state index contributed by atoms with van der Waals surface area (Å²) < 4.78 is 9.44. The fourth-order valence-corrected chi connectivity index (χ4v) is 19.0. The Morgan fingerprint density at radius 2 is 0.516 bits per heavy atom. The summed E-state index contributed by atoms with van der Waals surface area (Å²) >= 11 is 0. The van der Waals surface area contributed by atoms with Crippen LogP contribution in [0.15, 0.2) is 443 Å². The van der Waals surface area contributed by atoms with Gasteiger partial charge in [-0.25, -0.2) is 9.97 Å². The van der Waals surface area contributed by atoms with Crippen LogP contribution in [0.3, 0.4) is 0 Å². The molecule has 25 rings (SSSR count). The van der Waals surface area contributed by atoms with E-state index in [1.54, 1.807) is 6.20 Å². The molecule has 0 aliphatic carbocycles. The van der Waals surface area contributed by atoms with Crippen molar-refractivity contribution in [1.82, 2.24) is 43.2 Å². The van der Waals surface area contributed by atoms with Gasteiger partial charge in [0.05, 0.1) is 77.8 Å². The number of rotatable bonds is 12. The lowest BCUT2D eigenvalue weighted by molar-refractivity contribution is 1.18. The van der Waals surface area contributed by atoms with Gasteiger partial charge in [-0.15, -0.1) is 0 Å². The first-order chi connectivity index (χ1) is 61.5. The van der Waals surface area contributed by atoms with Gasteiger partial charge in [0, 0.05) is 135 Å². The zero-order valence-electron chi connectivity index (χ0n) is 67.2. The number of para-hydroxylation sites is 9. The number of aromatic nitrogens is 9. The number of hydrogen-bond donors (Lipinski definition) is 0. The third-order valence-corrected chi connectivity index (χ3v) is 24.8. The van der Waals surface area contributed by atoms with Gasteiger partial charge in [-0.1, -0.05) is 237 Å². The highest BCUT2D eigenvalue weighted by Gasteiger charge is 2.23. The van der Waals surface area contributed by atoms with Crippen molar-refractivity contribution in [3.8, 4) is 112 Å². The van der Waals surface area contributed by atoms with E-state index in [4.69, 9.17) is 19.9 Å². The fraction of sp³-hybridized carbons (Fsp3) is 0. The van der Waals surface area contributed by atoms with Gasteiger partial charge in [-0.2, -0.15) is 0 Å². The summed E-state index contributed by atoms with van der Waals surface area (Å²) in [5, 5.41) is 13.1. The van der Waals surface area contributed by atoms with Crippen molar-refractivity contribution in [3.05, 3.63) is 443 Å². The van der Waals surface area contributed by atoms with E-state index in [1.807, 2.05) is 36.8 Å². The van der Waals surface area contributed by atoms with Crippen molar-refractivity contribution < 1.29 is 0 Å². The molecule has 9 heterocycles. The second-order valence-electron chi connectivity index (χ2n) is 31.9. The van der Waals surface area contributed by atoms with Crippen molar-refractivity contribution in [2.24, 2.45) is 0 Å². The Morgan fingerprint density at radius 1 is 0.177 bits per heavy atom. The van der Waals surface area contributed by atoms with Crippen LogP contribution in [0.1, 0.15) is 0 Å². The van der Waals surface area contributed by atoms with E-state index in [0.717, 1.165) is 145 Å². The average Bonchev–Trinajstić information content (AvgIpc) is 1.54. The molecule has 0 radical (unpaired) electrons. The summed E-state index contributed by atoms with van der Waals surface area (Å²) in [6.45, 7) is 0. The van der Waals surface area contributed by atoms with Crippen LogP contribution >= 0.6 is 0 Å². The summed E-state index contributed by atoms with van der Waals surface area (Å²) in [5.74, 6) is 0. The standard InChI is InChI=1S/C60H38N4.C55H35N5/c1-3-15-45(16-4-1)63-56-22-9-7-19-48(56)52-36-43(29-32-58(52)63)42-28-31-54-51(35-42)50(40-26-24-39(25-27-40)47-21-11-13-41-14-12-34-61-60(41)47)38-55(62-54)44-30-33-59-53(37-44)49-20-8-10-23-57(49)64(59)46-17-5-2-6-18-46;1-3-13-41(14-4-1)59-52-19-9-7-17-43(52)47-31-37(23-27-54(47)59)36-21-26-50-46(30-36)45(39-22-25-49(57-35-39)40-12-11-29-56-34-40)33-51(58-50)38-24-28-55-48(32-38)44-18-8-10-20-53(44)60(55)42-15-5-2-6-16-42/h1-38H;1-35H. The van der Waals surface area contributed by atoms with Gasteiger partial charge in [-0.05, 0) is 226 Å². The van der Waals surface area contributed by atoms with E-state index in [-0.39, 0.29) is 0 Å². The van der Waals surface area contributed by atoms with Gasteiger partial charge in [0.25, 0.3) is 0 Å². The van der Waals surface area contributed by atoms with E-state index in [9.17, 15) is 0 Å². The molecule has 25 aromatic rings. The van der Waals surface area contributed by atoms with Gasteiger partial charge >= 0.3 is 0 Å². The van der Waals surface area contributed by atoms with E-state index in [0.29, 0.717) is 0 Å². The minimum Gasteiger partial charge on any atom is -0.309 e. The molecule has 0 saturated carbocycles. The summed E-state index contributed by atoms with van der Waals surface area (Å²) in [7, 11) is 0. The van der Waals surface area contributed by atoms with Crippen molar-refractivity contribution in [2.75, 3.05) is 0 Å². The van der Waals surface area contributed by atoms with Crippen LogP contribution < -0.4 is 0 Å². The average molecular weight is 1580 g/mol. The number of fused-ring (bicyclic) bond motifs is 15. The molecule has 0 N–H and O–H groups in total. The lowest BCUT2D eigenvalue weighted by Gasteiger charge is -2.14. The largest absolute Gasteiger partial charge is 0.309 e. The normalized spacial score (nSPS) is 11.7. The summed E-state index contributed by atoms with van der Waals surface area (Å²) in [5.41, 5.74) is 34.0. The highest BCUT2D eigenvalue weighted by molar-refractivity contribution is 6.15. The fourth-order valence-electron chi connectivity index (χ4n) is 19.0. The molecule has 124 heavy (non-hydrogen) atoms. The van der Waals surface area contributed by atoms with Crippen LogP contribution in [0.5, 0.6) is 0 Å². The van der Waals surface area contributed by atoms with Gasteiger partial charge in [0.2, 0.25) is 0 Å². The molecule has 0 spiro atoms. The van der Waals surface area contributed by atoms with Crippen LogP contribution in [-0.2, 0) is 0 Å². The molecule has 0 fully saturated rings. The van der Waals surface area contributed by atoms with Gasteiger partial charge in [0.1, 0.15) is 0 Å². The topological polar surface area (TPSA) is 84.2 Å². The molecule has 0 atom stereocenters. The van der Waals surface area contributed by atoms with Gasteiger partial charge < -0.3 is 18.3 Å². The Morgan fingerprint density at radius 3 is 0.927 bits per heavy atom. The Hall–Kier alpha value is -16.8. The van der Waals surface area contributed by atoms with Crippen LogP contribution in [0.25, 0.3) is 232 Å². The zero-order valence-corrected chi connectivity index (χ0v) is 67.2. The molecule has 9 heteroatoms. The quantitative estimate of drug-likeness (QED) is 0.122. The van der Waals surface area contributed by atoms with E-state index >= 15 is 0 Å². The lowest BCUT2D eigenvalue weighted by Crippen LogP contribution is -1.94. The molecule has 0 aliphatic rings. The first kappa shape index (κ1) is 71.4. The SMILES string of the molecule is c1ccc(-n2c3ccccc3c3cc(-c4ccc5nc(-c6ccc7c(c6)c6ccccc6n7-c6ccccc6)cc(-c6ccc(-c7cccc8cccnc78)cc6)c5c4)ccc32)cc1.c1ccc(-n2c3ccccc3c3cc(-c4ccc5nc(-c6ccc7c(c6)c6ccccc6n7-c6ccccc6)cc(-c6ccc(-c7cccnc7)nc6)c5c4)ccc32)cc1. The monoisotopic (exact) mass is 1580 g/mol. The van der Waals surface area contributed by atoms with Gasteiger partial charge in [-0.3, -0.25) is 15.0 Å². The second-order valence-corrected chi connectivity index (χ2v) is 31.9. The molecule has 0 unspecified atom stereocenters. The highest BCUT2D eigenvalue weighted by atomic mass is 15.0. The van der Waals surface area contributed by atoms with Crippen molar-refractivity contribution >= 4 is 120 Å². The molecule has 16 aromatic carbocycles. The Labute approximate surface area is 713 Å². The van der Waals surface area contributed by atoms with Crippen LogP contribution in [0.2, 0.25) is 0 Å². The highest BCUT2D eigenvalue weighted by Crippen LogP contribution is 2.45. The van der Waals surface area contributed by atoms with Crippen molar-refractivity contribution in [3.63, 3.8) is 0 Å².